The molecular formula is C21H16ClNO3S. The molecule has 0 unspecified atom stereocenters. The second kappa shape index (κ2) is 6.93. The van der Waals surface area contributed by atoms with Crippen LogP contribution >= 0.6 is 22.9 Å². The fourth-order valence-electron chi connectivity index (χ4n) is 3.37. The predicted octanol–water partition coefficient (Wildman–Crippen LogP) is 4.41. The second-order valence-electron chi connectivity index (χ2n) is 6.46. The molecule has 0 aliphatic carbocycles. The molecule has 0 fully saturated rings. The zero-order valence-corrected chi connectivity index (χ0v) is 15.8. The SMILES string of the molecule is O=C(C[C@@]1(O)C(=O)N(Cc2cccs2)c2ccc(Cl)cc21)c1ccccc1. The molecular weight excluding hydrogens is 382 g/mol. The average Bonchev–Trinajstić information content (AvgIpc) is 3.25. The molecule has 6 heteroatoms. The molecule has 0 bridgehead atoms. The number of carbonyl (C=O) groups is 2. The number of fused-ring (bicyclic) bond motifs is 1. The Balaban J connectivity index is 1.73. The van der Waals surface area contributed by atoms with E-state index in [0.717, 1.165) is 4.88 Å². The van der Waals surface area contributed by atoms with Crippen LogP contribution in [-0.4, -0.2) is 16.8 Å². The summed E-state index contributed by atoms with van der Waals surface area (Å²) in [7, 11) is 0. The fourth-order valence-corrected chi connectivity index (χ4v) is 4.23. The van der Waals surface area contributed by atoms with E-state index >= 15 is 0 Å². The number of Topliss-reactive ketones (excluding diaryl/α,β-unsaturated/α-hetero) is 1. The van der Waals surface area contributed by atoms with E-state index in [-0.39, 0.29) is 12.2 Å². The van der Waals surface area contributed by atoms with Gasteiger partial charge in [0.1, 0.15) is 0 Å². The summed E-state index contributed by atoms with van der Waals surface area (Å²) in [5.41, 5.74) is -0.509. The summed E-state index contributed by atoms with van der Waals surface area (Å²) in [4.78, 5) is 28.4. The molecule has 2 aromatic carbocycles. The van der Waals surface area contributed by atoms with Gasteiger partial charge in [0.15, 0.2) is 11.4 Å². The third kappa shape index (κ3) is 3.18. The number of halogens is 1. The molecule has 0 radical (unpaired) electrons. The van der Waals surface area contributed by atoms with Crippen molar-refractivity contribution in [3.8, 4) is 0 Å². The first-order valence-corrected chi connectivity index (χ1v) is 9.70. The standard InChI is InChI=1S/C21H16ClNO3S/c22-15-8-9-18-17(11-15)21(26,12-19(24)14-5-2-1-3-6-14)20(25)23(18)13-16-7-4-10-27-16/h1-11,26H,12-13H2/t21-/m0/s1. The number of hydrogen-bond acceptors (Lipinski definition) is 4. The number of thiophene rings is 1. The largest absolute Gasteiger partial charge is 0.375 e. The van der Waals surface area contributed by atoms with Crippen LogP contribution in [-0.2, 0) is 16.9 Å². The fraction of sp³-hybridized carbons (Fsp3) is 0.143. The molecule has 27 heavy (non-hydrogen) atoms. The van der Waals surface area contributed by atoms with Gasteiger partial charge in [0.05, 0.1) is 18.7 Å². The maximum Gasteiger partial charge on any atom is 0.264 e. The van der Waals surface area contributed by atoms with Gasteiger partial charge in [0, 0.05) is 21.0 Å². The number of ketones is 1. The summed E-state index contributed by atoms with van der Waals surface area (Å²) in [5, 5.41) is 13.6. The maximum absolute atomic E-state index is 13.2. The molecule has 0 saturated heterocycles. The van der Waals surface area contributed by atoms with Gasteiger partial charge in [-0.05, 0) is 29.6 Å². The molecule has 4 rings (SSSR count). The van der Waals surface area contributed by atoms with Crippen molar-refractivity contribution in [1.82, 2.24) is 0 Å². The molecule has 1 aromatic heterocycles. The predicted molar refractivity (Wildman–Crippen MR) is 106 cm³/mol. The van der Waals surface area contributed by atoms with Crippen molar-refractivity contribution in [2.24, 2.45) is 0 Å². The van der Waals surface area contributed by atoms with E-state index in [4.69, 9.17) is 11.6 Å². The van der Waals surface area contributed by atoms with Crippen LogP contribution in [0.1, 0.15) is 27.2 Å². The van der Waals surface area contributed by atoms with Crippen LogP contribution in [0.2, 0.25) is 5.02 Å². The molecule has 1 N–H and O–H groups in total. The minimum atomic E-state index is -1.93. The quantitative estimate of drug-likeness (QED) is 0.649. The molecule has 136 valence electrons. The number of benzene rings is 2. The number of amides is 1. The Morgan fingerprint density at radius 1 is 1.11 bits per heavy atom. The van der Waals surface area contributed by atoms with Gasteiger partial charge in [0.25, 0.3) is 5.91 Å². The average molecular weight is 398 g/mol. The number of nitrogens with zero attached hydrogens (tertiary/aromatic N) is 1. The zero-order chi connectivity index (χ0) is 19.0. The van der Waals surface area contributed by atoms with Gasteiger partial charge in [0.2, 0.25) is 0 Å². The minimum Gasteiger partial charge on any atom is -0.375 e. The minimum absolute atomic E-state index is 0.296. The van der Waals surface area contributed by atoms with Crippen molar-refractivity contribution in [2.75, 3.05) is 4.90 Å². The molecule has 0 spiro atoms. The van der Waals surface area contributed by atoms with E-state index in [9.17, 15) is 14.7 Å². The third-order valence-corrected chi connectivity index (χ3v) is 5.80. The highest BCUT2D eigenvalue weighted by atomic mass is 35.5. The lowest BCUT2D eigenvalue weighted by Gasteiger charge is -2.22. The number of hydrogen-bond donors (Lipinski definition) is 1. The lowest BCUT2D eigenvalue weighted by Crippen LogP contribution is -2.41. The molecule has 3 aromatic rings. The number of rotatable bonds is 5. The van der Waals surface area contributed by atoms with Gasteiger partial charge < -0.3 is 10.0 Å². The van der Waals surface area contributed by atoms with Gasteiger partial charge in [-0.15, -0.1) is 11.3 Å². The number of carbonyl (C=O) groups excluding carboxylic acids is 2. The maximum atomic E-state index is 13.2. The first-order chi connectivity index (χ1) is 13.0. The first kappa shape index (κ1) is 17.9. The van der Waals surface area contributed by atoms with Crippen LogP contribution in [0.3, 0.4) is 0 Å². The molecule has 2 heterocycles. The summed E-state index contributed by atoms with van der Waals surface area (Å²) >= 11 is 7.65. The Morgan fingerprint density at radius 2 is 1.89 bits per heavy atom. The van der Waals surface area contributed by atoms with E-state index in [0.29, 0.717) is 28.4 Å². The molecule has 1 amide bonds. The van der Waals surface area contributed by atoms with Gasteiger partial charge in [-0.25, -0.2) is 0 Å². The first-order valence-electron chi connectivity index (χ1n) is 8.44. The lowest BCUT2D eigenvalue weighted by atomic mass is 9.88. The van der Waals surface area contributed by atoms with Crippen LogP contribution in [0, 0.1) is 0 Å². The summed E-state index contributed by atoms with van der Waals surface area (Å²) in [6, 6.07) is 17.5. The van der Waals surface area contributed by atoms with Crippen molar-refractivity contribution in [2.45, 2.75) is 18.6 Å². The van der Waals surface area contributed by atoms with Crippen molar-refractivity contribution < 1.29 is 14.7 Å². The van der Waals surface area contributed by atoms with E-state index in [1.165, 1.54) is 16.2 Å². The monoisotopic (exact) mass is 397 g/mol. The van der Waals surface area contributed by atoms with Gasteiger partial charge in [-0.2, -0.15) is 0 Å². The molecule has 1 aliphatic heterocycles. The Labute approximate surface area is 165 Å². The smallest absolute Gasteiger partial charge is 0.264 e. The van der Waals surface area contributed by atoms with E-state index in [2.05, 4.69) is 0 Å². The topological polar surface area (TPSA) is 57.6 Å². The van der Waals surface area contributed by atoms with Crippen LogP contribution in [0.25, 0.3) is 0 Å². The highest BCUT2D eigenvalue weighted by Gasteiger charge is 2.51. The van der Waals surface area contributed by atoms with Crippen LogP contribution in [0.4, 0.5) is 5.69 Å². The van der Waals surface area contributed by atoms with Crippen molar-refractivity contribution in [1.29, 1.82) is 0 Å². The van der Waals surface area contributed by atoms with E-state index in [1.54, 1.807) is 42.5 Å². The van der Waals surface area contributed by atoms with Crippen LogP contribution < -0.4 is 4.90 Å². The Morgan fingerprint density at radius 3 is 2.59 bits per heavy atom. The van der Waals surface area contributed by atoms with E-state index in [1.807, 2.05) is 23.6 Å². The Bertz CT molecular complexity index is 1000. The zero-order valence-electron chi connectivity index (χ0n) is 14.3. The normalized spacial score (nSPS) is 18.6. The second-order valence-corrected chi connectivity index (χ2v) is 7.93. The van der Waals surface area contributed by atoms with Crippen molar-refractivity contribution in [3.05, 3.63) is 87.1 Å². The van der Waals surface area contributed by atoms with Crippen molar-refractivity contribution >= 4 is 40.3 Å². The summed E-state index contributed by atoms with van der Waals surface area (Å²) in [6.07, 6.45) is -0.329. The Hall–Kier alpha value is -2.47. The summed E-state index contributed by atoms with van der Waals surface area (Å²) in [6.45, 7) is 0.340. The van der Waals surface area contributed by atoms with Crippen molar-refractivity contribution in [3.63, 3.8) is 0 Å². The third-order valence-electron chi connectivity index (χ3n) is 4.70. The number of anilines is 1. The highest BCUT2D eigenvalue weighted by Crippen LogP contribution is 2.44. The van der Waals surface area contributed by atoms with Gasteiger partial charge in [-0.1, -0.05) is 48.0 Å². The molecule has 1 atom stereocenters. The summed E-state index contributed by atoms with van der Waals surface area (Å²) < 4.78 is 0. The molecule has 0 saturated carbocycles. The lowest BCUT2D eigenvalue weighted by molar-refractivity contribution is -0.136. The van der Waals surface area contributed by atoms with Gasteiger partial charge >= 0.3 is 0 Å². The Kier molecular flexibility index (Phi) is 4.60. The number of aliphatic hydroxyl groups is 1. The molecule has 4 nitrogen and oxygen atoms in total. The molecule has 1 aliphatic rings. The van der Waals surface area contributed by atoms with Gasteiger partial charge in [-0.3, -0.25) is 9.59 Å². The van der Waals surface area contributed by atoms with Crippen LogP contribution in [0.5, 0.6) is 0 Å². The van der Waals surface area contributed by atoms with Crippen LogP contribution in [0.15, 0.2) is 66.0 Å². The van der Waals surface area contributed by atoms with E-state index < -0.39 is 11.5 Å². The summed E-state index contributed by atoms with van der Waals surface area (Å²) in [5.74, 6) is -0.798. The highest BCUT2D eigenvalue weighted by molar-refractivity contribution is 7.09.